The molecule has 3 rings (SSSR count). The van der Waals surface area contributed by atoms with E-state index >= 15 is 0 Å². The Balaban J connectivity index is 1.54. The van der Waals surface area contributed by atoms with Crippen LogP contribution in [-0.4, -0.2) is 57.3 Å². The van der Waals surface area contributed by atoms with E-state index in [1.165, 1.54) is 21.8 Å². The molecule has 1 aromatic heterocycles. The Morgan fingerprint density at radius 1 is 1.48 bits per heavy atom. The summed E-state index contributed by atoms with van der Waals surface area (Å²) in [5, 5.41) is 23.1. The molecule has 4 N–H and O–H groups in total. The summed E-state index contributed by atoms with van der Waals surface area (Å²) in [6.07, 6.45) is -1.21. The predicted molar refractivity (Wildman–Crippen MR) is 85.1 cm³/mol. The van der Waals surface area contributed by atoms with Gasteiger partial charge in [0.15, 0.2) is 0 Å². The lowest BCUT2D eigenvalue weighted by atomic mass is 10.2. The van der Waals surface area contributed by atoms with Crippen LogP contribution in [-0.2, 0) is 11.8 Å². The number of carbonyl (C=O) groups is 1. The van der Waals surface area contributed by atoms with Gasteiger partial charge in [0.05, 0.1) is 38.2 Å². The summed E-state index contributed by atoms with van der Waals surface area (Å²) < 4.78 is 19.1. The van der Waals surface area contributed by atoms with E-state index in [-0.39, 0.29) is 31.5 Å². The lowest BCUT2D eigenvalue weighted by Gasteiger charge is -2.15. The van der Waals surface area contributed by atoms with Gasteiger partial charge in [-0.05, 0) is 23.4 Å². The topological polar surface area (TPSA) is 129 Å². The minimum Gasteiger partial charge on any atom is -0.441 e. The Labute approximate surface area is 141 Å². The van der Waals surface area contributed by atoms with Gasteiger partial charge in [0.2, 0.25) is 0 Å². The van der Waals surface area contributed by atoms with Gasteiger partial charge >= 0.3 is 6.09 Å². The summed E-state index contributed by atoms with van der Waals surface area (Å²) >= 11 is 0. The minimum absolute atomic E-state index is 0.179. The maximum atomic E-state index is 14.2. The number of carbonyl (C=O) groups excluding carboxylic acids is 1. The van der Waals surface area contributed by atoms with E-state index in [0.29, 0.717) is 5.69 Å². The molecule has 11 nitrogen and oxygen atoms in total. The molecule has 1 saturated heterocycles. The fraction of sp³-hybridized carbons (Fsp3) is 0.385. The van der Waals surface area contributed by atoms with E-state index < -0.39 is 18.0 Å². The molecule has 2 heterocycles. The molecule has 0 aliphatic carbocycles. The number of hydrazine groups is 1. The van der Waals surface area contributed by atoms with Crippen LogP contribution in [0.3, 0.4) is 0 Å². The van der Waals surface area contributed by atoms with Gasteiger partial charge < -0.3 is 15.2 Å². The maximum absolute atomic E-state index is 14.2. The number of aliphatic hydroxyl groups is 1. The maximum Gasteiger partial charge on any atom is 0.414 e. The highest BCUT2D eigenvalue weighted by molar-refractivity contribution is 5.90. The number of nitrogens with zero attached hydrogens (tertiary/aromatic N) is 5. The van der Waals surface area contributed by atoms with E-state index in [1.54, 1.807) is 13.1 Å². The molecule has 1 aliphatic heterocycles. The van der Waals surface area contributed by atoms with Gasteiger partial charge in [-0.2, -0.15) is 4.80 Å². The van der Waals surface area contributed by atoms with E-state index in [2.05, 4.69) is 31.6 Å². The lowest BCUT2D eigenvalue weighted by molar-refractivity contribution is 0.0963. The Bertz CT molecular complexity index is 755. The number of anilines is 3. The number of cyclic esters (lactones) is 1. The quantitative estimate of drug-likeness (QED) is 0.300. The van der Waals surface area contributed by atoms with Crippen LogP contribution < -0.4 is 21.1 Å². The van der Waals surface area contributed by atoms with E-state index in [0.717, 1.165) is 0 Å². The molecule has 1 atom stereocenters. The highest BCUT2D eigenvalue weighted by Crippen LogP contribution is 2.25. The number of ether oxygens (including phenoxy) is 1. The molecule has 0 unspecified atom stereocenters. The molecule has 2 aromatic rings. The monoisotopic (exact) mass is 352 g/mol. The number of nitrogens with one attached hydrogen (secondary N) is 3. The number of rotatable bonds is 7. The smallest absolute Gasteiger partial charge is 0.414 e. The van der Waals surface area contributed by atoms with Crippen molar-refractivity contribution in [3.8, 4) is 0 Å². The third-order valence-electron chi connectivity index (χ3n) is 3.42. The normalized spacial score (nSPS) is 16.8. The van der Waals surface area contributed by atoms with Crippen molar-refractivity contribution in [2.45, 2.75) is 6.10 Å². The van der Waals surface area contributed by atoms with Gasteiger partial charge in [-0.25, -0.2) is 14.6 Å². The summed E-state index contributed by atoms with van der Waals surface area (Å²) in [7, 11) is 1.63. The van der Waals surface area contributed by atoms with Crippen LogP contribution in [0, 0.1) is 5.82 Å². The van der Waals surface area contributed by atoms with Crippen LogP contribution in [0.15, 0.2) is 18.2 Å². The number of halogens is 1. The number of hydrogen-bond donors (Lipinski definition) is 4. The Morgan fingerprint density at radius 3 is 2.96 bits per heavy atom. The number of aliphatic hydroxyl groups excluding tert-OH is 1. The molecule has 0 bridgehead atoms. The first-order valence-electron chi connectivity index (χ1n) is 7.42. The largest absolute Gasteiger partial charge is 0.441 e. The van der Waals surface area contributed by atoms with Crippen LogP contribution in [0.5, 0.6) is 0 Å². The molecule has 1 aliphatic rings. The van der Waals surface area contributed by atoms with Crippen LogP contribution in [0.25, 0.3) is 0 Å². The zero-order valence-corrected chi connectivity index (χ0v) is 13.3. The van der Waals surface area contributed by atoms with E-state index in [9.17, 15) is 9.18 Å². The fourth-order valence-corrected chi connectivity index (χ4v) is 2.24. The molecular weight excluding hydrogens is 335 g/mol. The molecule has 25 heavy (non-hydrogen) atoms. The summed E-state index contributed by atoms with van der Waals surface area (Å²) in [6.45, 7) is 0.0919. The highest BCUT2D eigenvalue weighted by Gasteiger charge is 2.32. The number of amides is 1. The van der Waals surface area contributed by atoms with Crippen LogP contribution in [0.2, 0.25) is 0 Å². The van der Waals surface area contributed by atoms with Gasteiger partial charge in [0.25, 0.3) is 5.95 Å². The van der Waals surface area contributed by atoms with Crippen molar-refractivity contribution in [1.29, 1.82) is 0 Å². The van der Waals surface area contributed by atoms with E-state index in [1.807, 2.05) is 0 Å². The summed E-state index contributed by atoms with van der Waals surface area (Å²) in [5.74, 6) is -0.247. The SMILES string of the molecule is Cn1nnc(NNCNc2ccc(N3C[C@H](CO)OC3=O)cc2F)n1. The zero-order chi connectivity index (χ0) is 17.8. The van der Waals surface area contributed by atoms with Gasteiger partial charge in [-0.15, -0.1) is 5.10 Å². The number of hydrogen-bond acceptors (Lipinski definition) is 9. The Hall–Kier alpha value is -2.99. The van der Waals surface area contributed by atoms with Crippen LogP contribution in [0.1, 0.15) is 0 Å². The first kappa shape index (κ1) is 16.9. The van der Waals surface area contributed by atoms with Crippen molar-refractivity contribution in [2.24, 2.45) is 7.05 Å². The number of tetrazole rings is 1. The molecular formula is C13H17FN8O3. The number of aromatic nitrogens is 4. The van der Waals surface area contributed by atoms with E-state index in [4.69, 9.17) is 9.84 Å². The second kappa shape index (κ2) is 7.27. The average Bonchev–Trinajstić information content (AvgIpc) is 3.18. The minimum atomic E-state index is -0.610. The van der Waals surface area contributed by atoms with Crippen molar-refractivity contribution in [3.63, 3.8) is 0 Å². The lowest BCUT2D eigenvalue weighted by Crippen LogP contribution is -2.29. The third kappa shape index (κ3) is 3.92. The van der Waals surface area contributed by atoms with Crippen LogP contribution >= 0.6 is 0 Å². The summed E-state index contributed by atoms with van der Waals surface area (Å²) in [4.78, 5) is 14.3. The second-order valence-corrected chi connectivity index (χ2v) is 5.22. The van der Waals surface area contributed by atoms with Gasteiger partial charge in [-0.3, -0.25) is 10.3 Å². The first-order chi connectivity index (χ1) is 12.1. The highest BCUT2D eigenvalue weighted by atomic mass is 19.1. The standard InChI is InChI=1S/C13H17FN8O3/c1-21-19-12(18-20-21)17-16-7-15-11-3-2-8(4-10(11)14)22-5-9(6-23)25-13(22)24/h2-4,9,15-16,23H,5-7H2,1H3,(H,17,19)/t9-/m1/s1. The van der Waals surface area contributed by atoms with Crippen LogP contribution in [0.4, 0.5) is 26.5 Å². The van der Waals surface area contributed by atoms with Crippen molar-refractivity contribution < 1.29 is 19.0 Å². The molecule has 1 aromatic carbocycles. The fourth-order valence-electron chi connectivity index (χ4n) is 2.24. The van der Waals surface area contributed by atoms with Gasteiger partial charge in [-0.1, -0.05) is 5.10 Å². The molecule has 0 spiro atoms. The Kier molecular flexibility index (Phi) is 4.90. The van der Waals surface area contributed by atoms with Gasteiger partial charge in [0, 0.05) is 0 Å². The first-order valence-corrected chi connectivity index (χ1v) is 7.42. The van der Waals surface area contributed by atoms with Crippen molar-refractivity contribution >= 4 is 23.4 Å². The Morgan fingerprint density at radius 2 is 2.32 bits per heavy atom. The molecule has 12 heteroatoms. The average molecular weight is 352 g/mol. The predicted octanol–water partition coefficient (Wildman–Crippen LogP) is -0.347. The van der Waals surface area contributed by atoms with Crippen molar-refractivity contribution in [2.75, 3.05) is 35.5 Å². The molecule has 134 valence electrons. The number of benzene rings is 1. The molecule has 1 amide bonds. The van der Waals surface area contributed by atoms with Crippen molar-refractivity contribution in [3.05, 3.63) is 24.0 Å². The van der Waals surface area contributed by atoms with Gasteiger partial charge in [0.1, 0.15) is 11.9 Å². The molecule has 0 saturated carbocycles. The second-order valence-electron chi connectivity index (χ2n) is 5.22. The number of aryl methyl sites for hydroxylation is 1. The molecule has 1 fully saturated rings. The third-order valence-corrected chi connectivity index (χ3v) is 3.42. The van der Waals surface area contributed by atoms with Crippen molar-refractivity contribution in [1.82, 2.24) is 25.6 Å². The summed E-state index contributed by atoms with van der Waals surface area (Å²) in [6, 6.07) is 4.32. The summed E-state index contributed by atoms with van der Waals surface area (Å²) in [5.41, 5.74) is 6.06. The zero-order valence-electron chi connectivity index (χ0n) is 13.3. The molecule has 0 radical (unpaired) electrons.